The fourth-order valence-corrected chi connectivity index (χ4v) is 2.77. The van der Waals surface area contributed by atoms with Gasteiger partial charge in [-0.15, -0.1) is 0 Å². The Balaban J connectivity index is 2.08. The normalized spacial score (nSPS) is 11.6. The lowest BCUT2D eigenvalue weighted by Gasteiger charge is -2.19. The molecule has 2 rings (SSSR count). The largest absolute Gasteiger partial charge is 0.481 e. The summed E-state index contributed by atoms with van der Waals surface area (Å²) in [7, 11) is 0. The summed E-state index contributed by atoms with van der Waals surface area (Å²) in [6, 6.07) is 12.2. The number of carbonyl (C=O) groups excluding carboxylic acids is 1. The number of ether oxygens (including phenoxy) is 1. The summed E-state index contributed by atoms with van der Waals surface area (Å²) in [6.45, 7) is 0.0326. The number of halogens is 2. The van der Waals surface area contributed by atoms with Crippen molar-refractivity contribution in [3.8, 4) is 0 Å². The maximum absolute atomic E-state index is 14.0. The van der Waals surface area contributed by atoms with Gasteiger partial charge >= 0.3 is 12.1 Å². The van der Waals surface area contributed by atoms with E-state index in [1.165, 1.54) is 12.1 Å². The van der Waals surface area contributed by atoms with Gasteiger partial charge in [-0.05, 0) is 17.7 Å². The monoisotopic (exact) mass is 395 g/mol. The number of hydrogen-bond acceptors (Lipinski definition) is 3. The minimum absolute atomic E-state index is 0.0326. The number of aliphatic carboxylic acids is 1. The van der Waals surface area contributed by atoms with Gasteiger partial charge in [0.15, 0.2) is 0 Å². The second kappa shape index (κ2) is 8.44. The van der Waals surface area contributed by atoms with Gasteiger partial charge in [0, 0.05) is 10.0 Å². The zero-order valence-electron chi connectivity index (χ0n) is 12.5. The van der Waals surface area contributed by atoms with E-state index in [2.05, 4.69) is 21.2 Å². The summed E-state index contributed by atoms with van der Waals surface area (Å²) in [5.74, 6) is -1.78. The van der Waals surface area contributed by atoms with E-state index in [9.17, 15) is 14.0 Å². The Morgan fingerprint density at radius 1 is 1.17 bits per heavy atom. The zero-order chi connectivity index (χ0) is 17.5. The van der Waals surface area contributed by atoms with Crippen LogP contribution in [0, 0.1) is 5.82 Å². The molecule has 0 saturated heterocycles. The van der Waals surface area contributed by atoms with Gasteiger partial charge in [0.05, 0.1) is 12.5 Å². The Hall–Kier alpha value is -2.41. The first-order valence-electron chi connectivity index (χ1n) is 7.10. The van der Waals surface area contributed by atoms with Crippen LogP contribution < -0.4 is 5.32 Å². The fraction of sp³-hybridized carbons (Fsp3) is 0.176. The summed E-state index contributed by atoms with van der Waals surface area (Å²) in [5, 5.41) is 11.4. The molecule has 0 aliphatic rings. The number of rotatable bonds is 6. The van der Waals surface area contributed by atoms with Gasteiger partial charge in [-0.1, -0.05) is 52.3 Å². The number of nitrogens with one attached hydrogen (secondary N) is 1. The van der Waals surface area contributed by atoms with E-state index in [4.69, 9.17) is 9.84 Å². The number of amides is 1. The molecular formula is C17H15BrFNO4. The SMILES string of the molecule is O=C(O)C[C@H](NC(=O)OCc1ccccc1)c1c(F)cccc1Br. The predicted molar refractivity (Wildman–Crippen MR) is 88.9 cm³/mol. The molecular weight excluding hydrogens is 381 g/mol. The number of carboxylic acids is 1. The quantitative estimate of drug-likeness (QED) is 0.773. The molecule has 24 heavy (non-hydrogen) atoms. The molecule has 0 aliphatic carbocycles. The van der Waals surface area contributed by atoms with Crippen LogP contribution in [0.15, 0.2) is 53.0 Å². The molecule has 2 N–H and O–H groups in total. The number of benzene rings is 2. The number of carbonyl (C=O) groups is 2. The molecule has 5 nitrogen and oxygen atoms in total. The number of carboxylic acid groups (broad SMARTS) is 1. The molecule has 0 aromatic heterocycles. The van der Waals surface area contributed by atoms with Crippen molar-refractivity contribution >= 4 is 28.0 Å². The van der Waals surface area contributed by atoms with E-state index in [-0.39, 0.29) is 12.2 Å². The van der Waals surface area contributed by atoms with Gasteiger partial charge in [-0.25, -0.2) is 9.18 Å². The Bertz CT molecular complexity index is 704. The smallest absolute Gasteiger partial charge is 0.407 e. The standard InChI is InChI=1S/C17H15BrFNO4/c18-12-7-4-8-13(19)16(12)14(9-15(21)22)20-17(23)24-10-11-5-2-1-3-6-11/h1-8,14H,9-10H2,(H,20,23)(H,21,22)/t14-/m0/s1. The molecule has 0 unspecified atom stereocenters. The second-order valence-corrected chi connectivity index (χ2v) is 5.85. The lowest BCUT2D eigenvalue weighted by atomic mass is 10.0. The molecule has 0 spiro atoms. The van der Waals surface area contributed by atoms with E-state index < -0.39 is 30.3 Å². The minimum Gasteiger partial charge on any atom is -0.481 e. The number of alkyl carbamates (subject to hydrolysis) is 1. The molecule has 126 valence electrons. The highest BCUT2D eigenvalue weighted by Gasteiger charge is 2.24. The Kier molecular flexibility index (Phi) is 6.31. The molecule has 1 atom stereocenters. The highest BCUT2D eigenvalue weighted by molar-refractivity contribution is 9.10. The molecule has 0 heterocycles. The molecule has 1 amide bonds. The molecule has 7 heteroatoms. The third kappa shape index (κ3) is 5.06. The summed E-state index contributed by atoms with van der Waals surface area (Å²) >= 11 is 3.18. The molecule has 0 saturated carbocycles. The van der Waals surface area contributed by atoms with Gasteiger partial charge in [0.25, 0.3) is 0 Å². The van der Waals surface area contributed by atoms with Crippen molar-refractivity contribution in [3.63, 3.8) is 0 Å². The van der Waals surface area contributed by atoms with Crippen molar-refractivity contribution in [1.29, 1.82) is 0 Å². The average Bonchev–Trinajstić information content (AvgIpc) is 2.53. The highest BCUT2D eigenvalue weighted by atomic mass is 79.9. The second-order valence-electron chi connectivity index (χ2n) is 4.99. The first kappa shape index (κ1) is 17.9. The van der Waals surface area contributed by atoms with Crippen LogP contribution in [-0.4, -0.2) is 17.2 Å². The van der Waals surface area contributed by atoms with Crippen LogP contribution in [0.1, 0.15) is 23.6 Å². The molecule has 2 aromatic carbocycles. The molecule has 0 aliphatic heterocycles. The third-order valence-corrected chi connectivity index (χ3v) is 3.92. The summed E-state index contributed by atoms with van der Waals surface area (Å²) in [4.78, 5) is 23.0. The molecule has 0 bridgehead atoms. The minimum atomic E-state index is -1.17. The molecule has 2 aromatic rings. The lowest BCUT2D eigenvalue weighted by Crippen LogP contribution is -2.31. The van der Waals surface area contributed by atoms with Crippen molar-refractivity contribution in [3.05, 3.63) is 69.9 Å². The van der Waals surface area contributed by atoms with E-state index in [0.29, 0.717) is 4.47 Å². The molecule has 0 radical (unpaired) electrons. The lowest BCUT2D eigenvalue weighted by molar-refractivity contribution is -0.137. The van der Waals surface area contributed by atoms with E-state index in [1.54, 1.807) is 30.3 Å². The maximum atomic E-state index is 14.0. The van der Waals surface area contributed by atoms with Crippen LogP contribution in [-0.2, 0) is 16.1 Å². The maximum Gasteiger partial charge on any atom is 0.407 e. The van der Waals surface area contributed by atoms with Crippen LogP contribution in [0.3, 0.4) is 0 Å². The Labute approximate surface area is 146 Å². The van der Waals surface area contributed by atoms with E-state index >= 15 is 0 Å². The summed E-state index contributed by atoms with van der Waals surface area (Å²) in [5.41, 5.74) is 0.853. The van der Waals surface area contributed by atoms with E-state index in [1.807, 2.05) is 6.07 Å². The predicted octanol–water partition coefficient (Wildman–Crippen LogP) is 4.03. The van der Waals surface area contributed by atoms with Crippen LogP contribution in [0.25, 0.3) is 0 Å². The topological polar surface area (TPSA) is 75.6 Å². The van der Waals surface area contributed by atoms with Gasteiger partial charge in [-0.2, -0.15) is 0 Å². The molecule has 0 fully saturated rings. The van der Waals surface area contributed by atoms with Gasteiger partial charge in [0.1, 0.15) is 12.4 Å². The first-order chi connectivity index (χ1) is 11.5. The first-order valence-corrected chi connectivity index (χ1v) is 7.89. The van der Waals surface area contributed by atoms with Gasteiger partial charge in [0.2, 0.25) is 0 Å². The number of hydrogen-bond donors (Lipinski definition) is 2. The zero-order valence-corrected chi connectivity index (χ0v) is 14.1. The van der Waals surface area contributed by atoms with Crippen molar-refractivity contribution < 1.29 is 23.8 Å². The van der Waals surface area contributed by atoms with Crippen molar-refractivity contribution in [2.45, 2.75) is 19.1 Å². The van der Waals surface area contributed by atoms with Crippen molar-refractivity contribution in [1.82, 2.24) is 5.32 Å². The average molecular weight is 396 g/mol. The van der Waals surface area contributed by atoms with Crippen LogP contribution in [0.4, 0.5) is 9.18 Å². The van der Waals surface area contributed by atoms with Gasteiger partial charge < -0.3 is 15.2 Å². The summed E-state index contributed by atoms with van der Waals surface area (Å²) in [6.07, 6.45) is -1.29. The van der Waals surface area contributed by atoms with Crippen molar-refractivity contribution in [2.24, 2.45) is 0 Å². The van der Waals surface area contributed by atoms with Gasteiger partial charge in [-0.3, -0.25) is 4.79 Å². The van der Waals surface area contributed by atoms with Crippen molar-refractivity contribution in [2.75, 3.05) is 0 Å². The van der Waals surface area contributed by atoms with E-state index in [0.717, 1.165) is 5.56 Å². The Morgan fingerprint density at radius 2 is 1.88 bits per heavy atom. The van der Waals surface area contributed by atoms with Crippen LogP contribution >= 0.6 is 15.9 Å². The fourth-order valence-electron chi connectivity index (χ4n) is 2.15. The third-order valence-electron chi connectivity index (χ3n) is 3.23. The highest BCUT2D eigenvalue weighted by Crippen LogP contribution is 2.28. The summed E-state index contributed by atoms with van der Waals surface area (Å²) < 4.78 is 19.5. The Morgan fingerprint density at radius 3 is 2.50 bits per heavy atom. The van der Waals surface area contributed by atoms with Crippen LogP contribution in [0.2, 0.25) is 0 Å². The van der Waals surface area contributed by atoms with Crippen LogP contribution in [0.5, 0.6) is 0 Å².